The van der Waals surface area contributed by atoms with Crippen molar-refractivity contribution in [1.29, 1.82) is 0 Å². The highest BCUT2D eigenvalue weighted by atomic mass is 16.5. The predicted octanol–water partition coefficient (Wildman–Crippen LogP) is 1.28. The van der Waals surface area contributed by atoms with Gasteiger partial charge in [0.05, 0.1) is 6.61 Å². The summed E-state index contributed by atoms with van der Waals surface area (Å²) in [7, 11) is 1.68. The fourth-order valence-corrected chi connectivity index (χ4v) is 1.82. The van der Waals surface area contributed by atoms with Crippen LogP contribution in [0.2, 0.25) is 0 Å². The molecule has 4 nitrogen and oxygen atoms in total. The third-order valence-electron chi connectivity index (χ3n) is 2.99. The lowest BCUT2D eigenvalue weighted by Gasteiger charge is -2.07. The van der Waals surface area contributed by atoms with Crippen LogP contribution in [0.25, 0.3) is 0 Å². The van der Waals surface area contributed by atoms with Gasteiger partial charge in [-0.3, -0.25) is 4.79 Å². The Labute approximate surface area is 115 Å². The van der Waals surface area contributed by atoms with Crippen molar-refractivity contribution in [3.8, 4) is 0 Å². The first-order chi connectivity index (χ1) is 9.24. The molecular formula is C15H24N2O2. The van der Waals surface area contributed by atoms with Gasteiger partial charge in [-0.1, -0.05) is 24.3 Å². The van der Waals surface area contributed by atoms with Crippen LogP contribution in [-0.2, 0) is 16.0 Å². The van der Waals surface area contributed by atoms with E-state index in [1.165, 1.54) is 11.1 Å². The van der Waals surface area contributed by atoms with Gasteiger partial charge >= 0.3 is 0 Å². The molecule has 0 aliphatic rings. The van der Waals surface area contributed by atoms with Gasteiger partial charge in [0.2, 0.25) is 5.91 Å². The SMILES string of the molecule is COCCNCCNC(=O)CCc1ccccc1C. The molecule has 1 amide bonds. The highest BCUT2D eigenvalue weighted by molar-refractivity contribution is 5.76. The highest BCUT2D eigenvalue weighted by Gasteiger charge is 2.03. The molecule has 0 fully saturated rings. The van der Waals surface area contributed by atoms with Crippen molar-refractivity contribution in [2.45, 2.75) is 19.8 Å². The van der Waals surface area contributed by atoms with Gasteiger partial charge in [0.15, 0.2) is 0 Å². The summed E-state index contributed by atoms with van der Waals surface area (Å²) in [5.41, 5.74) is 2.49. The monoisotopic (exact) mass is 264 g/mol. The van der Waals surface area contributed by atoms with E-state index in [4.69, 9.17) is 4.74 Å². The minimum Gasteiger partial charge on any atom is -0.383 e. The zero-order valence-electron chi connectivity index (χ0n) is 11.9. The standard InChI is InChI=1S/C15H24N2O2/c1-13-5-3-4-6-14(13)7-8-15(18)17-10-9-16-11-12-19-2/h3-6,16H,7-12H2,1-2H3,(H,17,18). The number of ether oxygens (including phenoxy) is 1. The average molecular weight is 264 g/mol. The second kappa shape index (κ2) is 9.53. The van der Waals surface area contributed by atoms with Crippen LogP contribution in [-0.4, -0.2) is 39.3 Å². The van der Waals surface area contributed by atoms with Crippen LogP contribution < -0.4 is 10.6 Å². The Balaban J connectivity index is 2.10. The molecule has 0 aromatic heterocycles. The molecule has 1 rings (SSSR count). The van der Waals surface area contributed by atoms with E-state index in [1.54, 1.807) is 7.11 Å². The molecule has 0 saturated heterocycles. The quantitative estimate of drug-likeness (QED) is 0.661. The lowest BCUT2D eigenvalue weighted by atomic mass is 10.0. The van der Waals surface area contributed by atoms with Crippen molar-refractivity contribution >= 4 is 5.91 Å². The van der Waals surface area contributed by atoms with Gasteiger partial charge in [-0.05, 0) is 24.5 Å². The van der Waals surface area contributed by atoms with Crippen LogP contribution >= 0.6 is 0 Å². The van der Waals surface area contributed by atoms with Crippen molar-refractivity contribution in [2.75, 3.05) is 33.4 Å². The van der Waals surface area contributed by atoms with Crippen LogP contribution in [0.5, 0.6) is 0 Å². The van der Waals surface area contributed by atoms with Crippen LogP contribution in [0.15, 0.2) is 24.3 Å². The molecule has 0 aliphatic heterocycles. The largest absolute Gasteiger partial charge is 0.383 e. The fraction of sp³-hybridized carbons (Fsp3) is 0.533. The van der Waals surface area contributed by atoms with E-state index in [2.05, 4.69) is 29.7 Å². The van der Waals surface area contributed by atoms with Crippen LogP contribution in [0.4, 0.5) is 0 Å². The van der Waals surface area contributed by atoms with Crippen molar-refractivity contribution in [2.24, 2.45) is 0 Å². The van der Waals surface area contributed by atoms with E-state index in [0.717, 1.165) is 19.5 Å². The van der Waals surface area contributed by atoms with Gasteiger partial charge in [-0.25, -0.2) is 0 Å². The Morgan fingerprint density at radius 1 is 1.21 bits per heavy atom. The molecule has 0 heterocycles. The van der Waals surface area contributed by atoms with Gasteiger partial charge in [0.25, 0.3) is 0 Å². The van der Waals surface area contributed by atoms with Gasteiger partial charge in [0.1, 0.15) is 0 Å². The van der Waals surface area contributed by atoms with Crippen LogP contribution in [0.3, 0.4) is 0 Å². The number of carbonyl (C=O) groups is 1. The lowest BCUT2D eigenvalue weighted by Crippen LogP contribution is -2.33. The van der Waals surface area contributed by atoms with E-state index in [9.17, 15) is 4.79 Å². The molecular weight excluding hydrogens is 240 g/mol. The minimum atomic E-state index is 0.108. The number of hydrogen-bond donors (Lipinski definition) is 2. The maximum Gasteiger partial charge on any atom is 0.220 e. The molecule has 0 bridgehead atoms. The second-order valence-electron chi connectivity index (χ2n) is 4.52. The summed E-state index contributed by atoms with van der Waals surface area (Å²) in [6.07, 6.45) is 1.35. The zero-order chi connectivity index (χ0) is 13.9. The number of nitrogens with one attached hydrogen (secondary N) is 2. The smallest absolute Gasteiger partial charge is 0.220 e. The summed E-state index contributed by atoms with van der Waals surface area (Å²) in [6.45, 7) is 5.03. The van der Waals surface area contributed by atoms with Crippen LogP contribution in [0, 0.1) is 6.92 Å². The number of aryl methyl sites for hydroxylation is 2. The first kappa shape index (κ1) is 15.7. The second-order valence-corrected chi connectivity index (χ2v) is 4.52. The Hall–Kier alpha value is -1.39. The summed E-state index contributed by atoms with van der Waals surface area (Å²) < 4.78 is 4.92. The minimum absolute atomic E-state index is 0.108. The average Bonchev–Trinajstić information content (AvgIpc) is 2.42. The zero-order valence-corrected chi connectivity index (χ0v) is 11.9. The maximum atomic E-state index is 11.7. The molecule has 0 radical (unpaired) electrons. The highest BCUT2D eigenvalue weighted by Crippen LogP contribution is 2.09. The lowest BCUT2D eigenvalue weighted by molar-refractivity contribution is -0.121. The molecule has 1 aromatic rings. The Morgan fingerprint density at radius 2 is 2.00 bits per heavy atom. The molecule has 106 valence electrons. The number of methoxy groups -OCH3 is 1. The summed E-state index contributed by atoms with van der Waals surface area (Å²) >= 11 is 0. The van der Waals surface area contributed by atoms with Crippen molar-refractivity contribution in [3.05, 3.63) is 35.4 Å². The molecule has 0 saturated carbocycles. The molecule has 0 aliphatic carbocycles. The van der Waals surface area contributed by atoms with Crippen molar-refractivity contribution in [1.82, 2.24) is 10.6 Å². The summed E-state index contributed by atoms with van der Waals surface area (Å²) in [4.78, 5) is 11.7. The molecule has 0 unspecified atom stereocenters. The van der Waals surface area contributed by atoms with Gasteiger partial charge in [-0.15, -0.1) is 0 Å². The van der Waals surface area contributed by atoms with E-state index in [1.807, 2.05) is 12.1 Å². The first-order valence-electron chi connectivity index (χ1n) is 6.75. The predicted molar refractivity (Wildman–Crippen MR) is 77.3 cm³/mol. The Kier molecular flexibility index (Phi) is 7.86. The number of rotatable bonds is 9. The van der Waals surface area contributed by atoms with Crippen molar-refractivity contribution < 1.29 is 9.53 Å². The molecule has 0 atom stereocenters. The fourth-order valence-electron chi connectivity index (χ4n) is 1.82. The van der Waals surface area contributed by atoms with Gasteiger partial charge in [-0.2, -0.15) is 0 Å². The number of benzene rings is 1. The van der Waals surface area contributed by atoms with Gasteiger partial charge in [0, 0.05) is 33.2 Å². The summed E-state index contributed by atoms with van der Waals surface area (Å²) in [5, 5.41) is 6.09. The maximum absolute atomic E-state index is 11.7. The first-order valence-corrected chi connectivity index (χ1v) is 6.75. The molecule has 0 spiro atoms. The van der Waals surface area contributed by atoms with E-state index < -0.39 is 0 Å². The summed E-state index contributed by atoms with van der Waals surface area (Å²) in [5.74, 6) is 0.108. The number of carbonyl (C=O) groups excluding carboxylic acids is 1. The van der Waals surface area contributed by atoms with Crippen molar-refractivity contribution in [3.63, 3.8) is 0 Å². The van der Waals surface area contributed by atoms with E-state index in [-0.39, 0.29) is 5.91 Å². The number of hydrogen-bond acceptors (Lipinski definition) is 3. The summed E-state index contributed by atoms with van der Waals surface area (Å²) in [6, 6.07) is 8.19. The normalized spacial score (nSPS) is 10.4. The van der Waals surface area contributed by atoms with E-state index >= 15 is 0 Å². The topological polar surface area (TPSA) is 50.4 Å². The molecule has 4 heteroatoms. The third-order valence-corrected chi connectivity index (χ3v) is 2.99. The van der Waals surface area contributed by atoms with Gasteiger partial charge < -0.3 is 15.4 Å². The Bertz CT molecular complexity index is 380. The molecule has 19 heavy (non-hydrogen) atoms. The van der Waals surface area contributed by atoms with Crippen LogP contribution in [0.1, 0.15) is 17.5 Å². The molecule has 1 aromatic carbocycles. The third kappa shape index (κ3) is 6.94. The number of amides is 1. The Morgan fingerprint density at radius 3 is 2.74 bits per heavy atom. The molecule has 2 N–H and O–H groups in total. The van der Waals surface area contributed by atoms with E-state index in [0.29, 0.717) is 19.6 Å².